The molecular weight excluding hydrogens is 400 g/mol. The summed E-state index contributed by atoms with van der Waals surface area (Å²) in [4.78, 5) is 5.03. The van der Waals surface area contributed by atoms with Crippen LogP contribution in [0.3, 0.4) is 0 Å². The molecule has 2 aromatic heterocycles. The number of aromatic nitrogens is 3. The maximum Gasteiger partial charge on any atom is 0.243 e. The number of nitrogens with zero attached hydrogens (tertiary/aromatic N) is 4. The molecule has 0 aliphatic carbocycles. The van der Waals surface area contributed by atoms with Gasteiger partial charge in [-0.25, -0.2) is 8.42 Å². The molecule has 0 radical (unpaired) electrons. The van der Waals surface area contributed by atoms with Gasteiger partial charge in [0.25, 0.3) is 0 Å². The molecule has 3 heterocycles. The van der Waals surface area contributed by atoms with Gasteiger partial charge in [0.2, 0.25) is 10.0 Å². The SMILES string of the molecule is COc1ccc(S(=O)(=O)N2CCC[C@@H](c3cc(-c4cnn(C)c4)cc(C)n3)C2)cc1. The first-order valence-electron chi connectivity index (χ1n) is 9.98. The molecule has 1 aliphatic rings. The van der Waals surface area contributed by atoms with Crippen LogP contribution in [0.15, 0.2) is 53.7 Å². The molecule has 0 spiro atoms. The largest absolute Gasteiger partial charge is 0.497 e. The highest BCUT2D eigenvalue weighted by Crippen LogP contribution is 2.32. The Morgan fingerprint density at radius 1 is 1.13 bits per heavy atom. The summed E-state index contributed by atoms with van der Waals surface area (Å²) in [6, 6.07) is 10.7. The van der Waals surface area contributed by atoms with Crippen LogP contribution in [0, 0.1) is 6.92 Å². The van der Waals surface area contributed by atoms with Crippen molar-refractivity contribution in [1.29, 1.82) is 0 Å². The minimum absolute atomic E-state index is 0.0575. The highest BCUT2D eigenvalue weighted by atomic mass is 32.2. The lowest BCUT2D eigenvalue weighted by molar-refractivity contribution is 0.312. The van der Waals surface area contributed by atoms with Crippen molar-refractivity contribution in [3.63, 3.8) is 0 Å². The van der Waals surface area contributed by atoms with Gasteiger partial charge in [0.1, 0.15) is 5.75 Å². The highest BCUT2D eigenvalue weighted by Gasteiger charge is 2.31. The van der Waals surface area contributed by atoms with Crippen molar-refractivity contribution < 1.29 is 13.2 Å². The Balaban J connectivity index is 1.60. The van der Waals surface area contributed by atoms with Gasteiger partial charge in [0.05, 0.1) is 18.2 Å². The first kappa shape index (κ1) is 20.6. The third-order valence-corrected chi connectivity index (χ3v) is 7.39. The Morgan fingerprint density at radius 3 is 2.57 bits per heavy atom. The van der Waals surface area contributed by atoms with Crippen LogP contribution in [0.2, 0.25) is 0 Å². The second-order valence-corrected chi connectivity index (χ2v) is 9.64. The zero-order chi connectivity index (χ0) is 21.3. The first-order valence-corrected chi connectivity index (χ1v) is 11.4. The number of rotatable bonds is 5. The average Bonchev–Trinajstić information content (AvgIpc) is 3.20. The average molecular weight is 427 g/mol. The molecule has 0 bridgehead atoms. The lowest BCUT2D eigenvalue weighted by Crippen LogP contribution is -2.39. The number of hydrogen-bond donors (Lipinski definition) is 0. The van der Waals surface area contributed by atoms with E-state index in [1.807, 2.05) is 32.4 Å². The van der Waals surface area contributed by atoms with Crippen LogP contribution in [0.4, 0.5) is 0 Å². The lowest BCUT2D eigenvalue weighted by Gasteiger charge is -2.32. The van der Waals surface area contributed by atoms with E-state index in [0.29, 0.717) is 18.8 Å². The maximum absolute atomic E-state index is 13.2. The number of aryl methyl sites for hydroxylation is 2. The zero-order valence-electron chi connectivity index (χ0n) is 17.4. The third kappa shape index (κ3) is 4.11. The van der Waals surface area contributed by atoms with Gasteiger partial charge in [-0.1, -0.05) is 0 Å². The Hall–Kier alpha value is -2.71. The molecule has 1 aromatic carbocycles. The number of pyridine rings is 1. The lowest BCUT2D eigenvalue weighted by atomic mass is 9.93. The predicted molar refractivity (Wildman–Crippen MR) is 115 cm³/mol. The van der Waals surface area contributed by atoms with Gasteiger partial charge in [0, 0.05) is 49.2 Å². The molecule has 0 saturated carbocycles. The van der Waals surface area contributed by atoms with Gasteiger partial charge in [-0.2, -0.15) is 9.40 Å². The van der Waals surface area contributed by atoms with E-state index in [0.717, 1.165) is 35.4 Å². The maximum atomic E-state index is 13.2. The summed E-state index contributed by atoms with van der Waals surface area (Å²) in [6.07, 6.45) is 5.52. The van der Waals surface area contributed by atoms with Crippen molar-refractivity contribution in [3.8, 4) is 16.9 Å². The number of ether oxygens (including phenoxy) is 1. The number of hydrogen-bond acceptors (Lipinski definition) is 5. The summed E-state index contributed by atoms with van der Waals surface area (Å²) >= 11 is 0. The molecule has 0 amide bonds. The Kier molecular flexibility index (Phi) is 5.62. The molecule has 1 fully saturated rings. The molecule has 1 atom stereocenters. The summed E-state index contributed by atoms with van der Waals surface area (Å²) in [6.45, 7) is 2.92. The van der Waals surface area contributed by atoms with Crippen LogP contribution >= 0.6 is 0 Å². The van der Waals surface area contributed by atoms with Gasteiger partial charge >= 0.3 is 0 Å². The summed E-state index contributed by atoms with van der Waals surface area (Å²) in [5, 5.41) is 4.25. The van der Waals surface area contributed by atoms with Crippen molar-refractivity contribution in [2.24, 2.45) is 7.05 Å². The first-order chi connectivity index (χ1) is 14.4. The van der Waals surface area contributed by atoms with Gasteiger partial charge in [-0.15, -0.1) is 0 Å². The highest BCUT2D eigenvalue weighted by molar-refractivity contribution is 7.89. The molecule has 8 heteroatoms. The van der Waals surface area contributed by atoms with Crippen molar-refractivity contribution in [2.75, 3.05) is 20.2 Å². The van der Waals surface area contributed by atoms with Crippen LogP contribution in [0.25, 0.3) is 11.1 Å². The van der Waals surface area contributed by atoms with Crippen LogP contribution in [-0.2, 0) is 17.1 Å². The second-order valence-electron chi connectivity index (χ2n) is 7.70. The van der Waals surface area contributed by atoms with Gasteiger partial charge < -0.3 is 4.74 Å². The molecule has 1 aliphatic heterocycles. The second kappa shape index (κ2) is 8.20. The number of piperidine rings is 1. The van der Waals surface area contributed by atoms with E-state index in [-0.39, 0.29) is 10.8 Å². The van der Waals surface area contributed by atoms with E-state index in [9.17, 15) is 8.42 Å². The van der Waals surface area contributed by atoms with Crippen molar-refractivity contribution in [1.82, 2.24) is 19.1 Å². The molecule has 1 saturated heterocycles. The van der Waals surface area contributed by atoms with Gasteiger partial charge in [-0.3, -0.25) is 9.67 Å². The van der Waals surface area contributed by atoms with E-state index < -0.39 is 10.0 Å². The Morgan fingerprint density at radius 2 is 1.90 bits per heavy atom. The molecule has 7 nitrogen and oxygen atoms in total. The van der Waals surface area contributed by atoms with Crippen LogP contribution in [0.1, 0.15) is 30.1 Å². The number of sulfonamides is 1. The van der Waals surface area contributed by atoms with Gasteiger partial charge in [-0.05, 0) is 61.7 Å². The van der Waals surface area contributed by atoms with E-state index in [1.54, 1.807) is 40.4 Å². The fourth-order valence-corrected chi connectivity index (χ4v) is 5.46. The Bertz CT molecular complexity index is 1140. The molecule has 0 N–H and O–H groups in total. The van der Waals surface area contributed by atoms with E-state index in [4.69, 9.17) is 9.72 Å². The van der Waals surface area contributed by atoms with E-state index in [2.05, 4.69) is 11.2 Å². The molecule has 4 rings (SSSR count). The smallest absolute Gasteiger partial charge is 0.243 e. The normalized spacial score (nSPS) is 17.8. The zero-order valence-corrected chi connectivity index (χ0v) is 18.3. The fourth-order valence-electron chi connectivity index (χ4n) is 3.94. The number of methoxy groups -OCH3 is 1. The van der Waals surface area contributed by atoms with E-state index >= 15 is 0 Å². The molecule has 0 unspecified atom stereocenters. The minimum Gasteiger partial charge on any atom is -0.497 e. The van der Waals surface area contributed by atoms with Crippen LogP contribution < -0.4 is 4.74 Å². The van der Waals surface area contributed by atoms with Crippen molar-refractivity contribution >= 4 is 10.0 Å². The standard InChI is InChI=1S/C22H26N4O3S/c1-16-11-18(19-13-23-25(2)14-19)12-22(24-16)17-5-4-10-26(15-17)30(27,28)21-8-6-20(29-3)7-9-21/h6-9,11-14,17H,4-5,10,15H2,1-3H3/t17-/m1/s1. The summed E-state index contributed by atoms with van der Waals surface area (Å²) in [7, 11) is -0.107. The quantitative estimate of drug-likeness (QED) is 0.625. The fraction of sp³-hybridized carbons (Fsp3) is 0.364. The van der Waals surface area contributed by atoms with E-state index in [1.165, 1.54) is 0 Å². The molecule has 158 valence electrons. The molecule has 3 aromatic rings. The predicted octanol–water partition coefficient (Wildman–Crippen LogP) is 3.37. The topological polar surface area (TPSA) is 77.3 Å². The van der Waals surface area contributed by atoms with Crippen molar-refractivity contribution in [3.05, 3.63) is 60.2 Å². The number of benzene rings is 1. The van der Waals surface area contributed by atoms with Crippen LogP contribution in [-0.4, -0.2) is 47.7 Å². The van der Waals surface area contributed by atoms with Crippen molar-refractivity contribution in [2.45, 2.75) is 30.6 Å². The summed E-state index contributed by atoms with van der Waals surface area (Å²) < 4.78 is 34.8. The monoisotopic (exact) mass is 426 g/mol. The molecule has 30 heavy (non-hydrogen) atoms. The Labute approximate surface area is 177 Å². The summed E-state index contributed by atoms with van der Waals surface area (Å²) in [5.74, 6) is 0.694. The third-order valence-electron chi connectivity index (χ3n) is 5.51. The molecular formula is C22H26N4O3S. The van der Waals surface area contributed by atoms with Crippen LogP contribution in [0.5, 0.6) is 5.75 Å². The van der Waals surface area contributed by atoms with Gasteiger partial charge in [0.15, 0.2) is 0 Å². The summed E-state index contributed by atoms with van der Waals surface area (Å²) in [5.41, 5.74) is 3.94. The minimum atomic E-state index is -3.56.